The van der Waals surface area contributed by atoms with E-state index in [4.69, 9.17) is 16.6 Å². The molecule has 0 aliphatic carbocycles. The molecule has 0 saturated heterocycles. The number of nitrogens with one attached hydrogen (secondary N) is 1. The van der Waals surface area contributed by atoms with Crippen LogP contribution in [0.2, 0.25) is 0 Å². The molecule has 4 heteroatoms. The second-order valence-corrected chi connectivity index (χ2v) is 5.73. The Morgan fingerprint density at radius 3 is 2.35 bits per heavy atom. The second-order valence-electron chi connectivity index (χ2n) is 5.37. The number of amidine groups is 2. The second kappa shape index (κ2) is 5.86. The van der Waals surface area contributed by atoms with Crippen molar-refractivity contribution >= 4 is 33.5 Å². The predicted octanol–water partition coefficient (Wildman–Crippen LogP) is 4.48. The summed E-state index contributed by atoms with van der Waals surface area (Å²) >= 11 is 6.18. The van der Waals surface area contributed by atoms with Gasteiger partial charge in [0.2, 0.25) is 0 Å². The number of hydrogen-bond acceptors (Lipinski definition) is 3. The highest BCUT2D eigenvalue weighted by Gasteiger charge is 2.18. The van der Waals surface area contributed by atoms with E-state index in [1.165, 1.54) is 10.8 Å². The van der Waals surface area contributed by atoms with E-state index in [9.17, 15) is 0 Å². The Hall–Kier alpha value is -2.65. The molecule has 0 fully saturated rings. The number of aliphatic imine (C=N–C) groups is 2. The van der Waals surface area contributed by atoms with Gasteiger partial charge in [0.25, 0.3) is 0 Å². The Bertz CT molecular complexity index is 916. The molecule has 1 aliphatic heterocycles. The first-order valence-electron chi connectivity index (χ1n) is 7.42. The average molecular weight is 320 g/mol. The van der Waals surface area contributed by atoms with Gasteiger partial charge in [0, 0.05) is 5.56 Å². The van der Waals surface area contributed by atoms with Crippen molar-refractivity contribution in [2.75, 3.05) is 0 Å². The largest absolute Gasteiger partial charge is 0.315 e. The smallest absolute Gasteiger partial charge is 0.199 e. The summed E-state index contributed by atoms with van der Waals surface area (Å²) in [6, 6.07) is 24.4. The van der Waals surface area contributed by atoms with E-state index in [1.54, 1.807) is 0 Å². The molecule has 23 heavy (non-hydrogen) atoms. The van der Waals surface area contributed by atoms with Gasteiger partial charge < -0.3 is 5.32 Å². The molecule has 4 rings (SSSR count). The Kier molecular flexibility index (Phi) is 3.56. The number of halogens is 1. The molecular weight excluding hydrogens is 306 g/mol. The van der Waals surface area contributed by atoms with Crippen LogP contribution >= 0.6 is 11.6 Å². The Morgan fingerprint density at radius 1 is 0.783 bits per heavy atom. The van der Waals surface area contributed by atoms with Crippen LogP contribution in [0.1, 0.15) is 17.3 Å². The van der Waals surface area contributed by atoms with Gasteiger partial charge in [-0.2, -0.15) is 0 Å². The quantitative estimate of drug-likeness (QED) is 0.694. The van der Waals surface area contributed by atoms with Crippen LogP contribution in [0.15, 0.2) is 82.8 Å². The summed E-state index contributed by atoms with van der Waals surface area (Å²) in [6.07, 6.45) is -0.313. The van der Waals surface area contributed by atoms with Gasteiger partial charge in [-0.25, -0.2) is 9.98 Å². The van der Waals surface area contributed by atoms with Crippen LogP contribution in [0.25, 0.3) is 10.8 Å². The molecule has 0 bridgehead atoms. The van der Waals surface area contributed by atoms with E-state index < -0.39 is 0 Å². The van der Waals surface area contributed by atoms with Crippen LogP contribution in [0.5, 0.6) is 0 Å². The van der Waals surface area contributed by atoms with Gasteiger partial charge in [-0.3, -0.25) is 0 Å². The zero-order valence-corrected chi connectivity index (χ0v) is 13.0. The van der Waals surface area contributed by atoms with E-state index >= 15 is 0 Å². The van der Waals surface area contributed by atoms with Crippen molar-refractivity contribution in [2.45, 2.75) is 6.17 Å². The summed E-state index contributed by atoms with van der Waals surface area (Å²) < 4.78 is 0. The maximum absolute atomic E-state index is 6.18. The number of nitrogens with zero attached hydrogens (tertiary/aromatic N) is 2. The predicted molar refractivity (Wildman–Crippen MR) is 96.1 cm³/mol. The minimum absolute atomic E-state index is 0.313. The van der Waals surface area contributed by atoms with E-state index in [1.807, 2.05) is 48.5 Å². The fraction of sp³-hybridized carbons (Fsp3) is 0.0526. The molecule has 0 radical (unpaired) electrons. The highest BCUT2D eigenvalue weighted by atomic mass is 35.5. The molecule has 1 N–H and O–H groups in total. The highest BCUT2D eigenvalue weighted by Crippen LogP contribution is 2.24. The third-order valence-electron chi connectivity index (χ3n) is 3.83. The summed E-state index contributed by atoms with van der Waals surface area (Å²) in [5.74, 6) is 0.740. The molecule has 0 saturated carbocycles. The number of rotatable bonds is 2. The molecular formula is C19H14ClN3. The molecule has 1 aliphatic rings. The summed E-state index contributed by atoms with van der Waals surface area (Å²) in [5.41, 5.74) is 2.02. The maximum Gasteiger partial charge on any atom is 0.199 e. The molecule has 0 spiro atoms. The topological polar surface area (TPSA) is 36.8 Å². The van der Waals surface area contributed by atoms with Gasteiger partial charge in [-0.15, -0.1) is 0 Å². The third kappa shape index (κ3) is 2.83. The zero-order chi connectivity index (χ0) is 15.6. The van der Waals surface area contributed by atoms with Crippen LogP contribution < -0.4 is 5.32 Å². The van der Waals surface area contributed by atoms with Crippen LogP contribution in [0, 0.1) is 0 Å². The van der Waals surface area contributed by atoms with Crippen molar-refractivity contribution in [2.24, 2.45) is 9.98 Å². The molecule has 0 amide bonds. The molecule has 112 valence electrons. The lowest BCUT2D eigenvalue weighted by Gasteiger charge is -2.19. The minimum Gasteiger partial charge on any atom is -0.315 e. The van der Waals surface area contributed by atoms with E-state index in [-0.39, 0.29) is 6.17 Å². The first-order chi connectivity index (χ1) is 11.3. The summed E-state index contributed by atoms with van der Waals surface area (Å²) in [6.45, 7) is 0. The normalized spacial score (nSPS) is 17.3. The van der Waals surface area contributed by atoms with E-state index in [0.717, 1.165) is 17.0 Å². The number of benzene rings is 3. The van der Waals surface area contributed by atoms with Crippen molar-refractivity contribution in [3.8, 4) is 0 Å². The van der Waals surface area contributed by atoms with Crippen LogP contribution in [0.4, 0.5) is 0 Å². The lowest BCUT2D eigenvalue weighted by Crippen LogP contribution is -2.32. The standard InChI is InChI=1S/C19H14ClN3/c20-19-22-17(14-7-2-1-3-8-14)21-18(23-19)16-11-10-13-6-4-5-9-15(13)12-16/h1-12,17H,(H,21,22,23). The minimum atomic E-state index is -0.313. The maximum atomic E-state index is 6.18. The summed E-state index contributed by atoms with van der Waals surface area (Å²) in [7, 11) is 0. The molecule has 3 nitrogen and oxygen atoms in total. The van der Waals surface area contributed by atoms with Crippen molar-refractivity contribution in [1.29, 1.82) is 0 Å². The molecule has 1 atom stereocenters. The Balaban J connectivity index is 1.76. The van der Waals surface area contributed by atoms with Gasteiger partial charge in [0.1, 0.15) is 5.84 Å². The lowest BCUT2D eigenvalue weighted by atomic mass is 10.1. The zero-order valence-electron chi connectivity index (χ0n) is 12.3. The third-order valence-corrected chi connectivity index (χ3v) is 4.02. The molecule has 3 aromatic carbocycles. The number of hydrogen-bond donors (Lipinski definition) is 1. The molecule has 1 unspecified atom stereocenters. The highest BCUT2D eigenvalue weighted by molar-refractivity contribution is 6.66. The fourth-order valence-corrected chi connectivity index (χ4v) is 2.86. The van der Waals surface area contributed by atoms with E-state index in [0.29, 0.717) is 5.29 Å². The summed E-state index contributed by atoms with van der Waals surface area (Å²) in [5, 5.41) is 5.79. The monoisotopic (exact) mass is 319 g/mol. The molecule has 1 heterocycles. The van der Waals surface area contributed by atoms with Gasteiger partial charge >= 0.3 is 0 Å². The van der Waals surface area contributed by atoms with Crippen molar-refractivity contribution in [1.82, 2.24) is 5.32 Å². The van der Waals surface area contributed by atoms with Gasteiger partial charge in [-0.1, -0.05) is 66.7 Å². The lowest BCUT2D eigenvalue weighted by molar-refractivity contribution is 0.760. The molecule has 3 aromatic rings. The van der Waals surface area contributed by atoms with Crippen LogP contribution in [-0.4, -0.2) is 11.1 Å². The Labute approximate surface area is 139 Å². The first-order valence-corrected chi connectivity index (χ1v) is 7.80. The van der Waals surface area contributed by atoms with Crippen LogP contribution in [0.3, 0.4) is 0 Å². The van der Waals surface area contributed by atoms with Gasteiger partial charge in [-0.05, 0) is 34.0 Å². The van der Waals surface area contributed by atoms with Crippen LogP contribution in [-0.2, 0) is 0 Å². The first kappa shape index (κ1) is 14.0. The number of fused-ring (bicyclic) bond motifs is 1. The molecule has 0 aromatic heterocycles. The average Bonchev–Trinajstić information content (AvgIpc) is 2.61. The van der Waals surface area contributed by atoms with Crippen molar-refractivity contribution in [3.63, 3.8) is 0 Å². The van der Waals surface area contributed by atoms with Crippen molar-refractivity contribution < 1.29 is 0 Å². The summed E-state index contributed by atoms with van der Waals surface area (Å²) in [4.78, 5) is 9.09. The van der Waals surface area contributed by atoms with Gasteiger partial charge in [0.05, 0.1) is 0 Å². The SMILES string of the molecule is ClC1=NC(c2ccccc2)N=C(c2ccc3ccccc3c2)N1. The van der Waals surface area contributed by atoms with E-state index in [2.05, 4.69) is 34.6 Å². The Morgan fingerprint density at radius 2 is 1.52 bits per heavy atom. The fourth-order valence-electron chi connectivity index (χ4n) is 2.68. The van der Waals surface area contributed by atoms with Crippen molar-refractivity contribution in [3.05, 3.63) is 83.9 Å². The van der Waals surface area contributed by atoms with Gasteiger partial charge in [0.15, 0.2) is 11.5 Å².